The number of nitrogens with zero attached hydrogens (tertiary/aromatic N) is 3. The zero-order chi connectivity index (χ0) is 19.1. The quantitative estimate of drug-likeness (QED) is 0.597. The third-order valence-corrected chi connectivity index (χ3v) is 6.61. The number of anilines is 1. The Kier molecular flexibility index (Phi) is 4.60. The van der Waals surface area contributed by atoms with E-state index in [1.807, 2.05) is 35.2 Å². The maximum absolute atomic E-state index is 12.7. The molecular formula is C20H18BrN3O3S. The Hall–Kier alpha value is -2.32. The maximum atomic E-state index is 12.7. The molecule has 0 unspecified atom stereocenters. The molecular weight excluding hydrogens is 442 g/mol. The Labute approximate surface area is 174 Å². The van der Waals surface area contributed by atoms with Crippen LogP contribution >= 0.6 is 27.3 Å². The van der Waals surface area contributed by atoms with Crippen molar-refractivity contribution in [2.24, 2.45) is 0 Å². The minimum atomic E-state index is 0.145. The van der Waals surface area contributed by atoms with Crippen molar-refractivity contribution in [1.29, 1.82) is 0 Å². The molecule has 5 rings (SSSR count). The Morgan fingerprint density at radius 1 is 1.07 bits per heavy atom. The van der Waals surface area contributed by atoms with Gasteiger partial charge in [-0.3, -0.25) is 4.79 Å². The number of fused-ring (bicyclic) bond motifs is 2. The van der Waals surface area contributed by atoms with Gasteiger partial charge in [0.05, 0.1) is 16.6 Å². The molecule has 8 heteroatoms. The van der Waals surface area contributed by atoms with Crippen molar-refractivity contribution in [2.45, 2.75) is 6.42 Å². The number of aromatic nitrogens is 1. The van der Waals surface area contributed by atoms with Gasteiger partial charge in [-0.15, -0.1) is 0 Å². The monoisotopic (exact) mass is 459 g/mol. The van der Waals surface area contributed by atoms with Crippen molar-refractivity contribution in [3.05, 3.63) is 46.4 Å². The molecule has 3 heterocycles. The van der Waals surface area contributed by atoms with E-state index in [1.165, 1.54) is 4.70 Å². The highest BCUT2D eigenvalue weighted by atomic mass is 79.9. The highest BCUT2D eigenvalue weighted by Crippen LogP contribution is 2.33. The predicted molar refractivity (Wildman–Crippen MR) is 112 cm³/mol. The van der Waals surface area contributed by atoms with Gasteiger partial charge in [0.15, 0.2) is 16.6 Å². The van der Waals surface area contributed by atoms with Crippen LogP contribution in [0.5, 0.6) is 11.5 Å². The lowest BCUT2D eigenvalue weighted by atomic mass is 10.1. The lowest BCUT2D eigenvalue weighted by Crippen LogP contribution is -2.49. The van der Waals surface area contributed by atoms with Crippen molar-refractivity contribution >= 4 is 48.5 Å². The standard InChI is InChI=1S/C20H18BrN3O3S/c21-14-2-3-15-18(11-14)28-20(22-15)24-7-5-23(6-8-24)19(25)10-13-1-4-16-17(9-13)27-12-26-16/h1-4,9,11H,5-8,10,12H2. The van der Waals surface area contributed by atoms with Crippen LogP contribution in [0.15, 0.2) is 40.9 Å². The molecule has 0 radical (unpaired) electrons. The van der Waals surface area contributed by atoms with Gasteiger partial charge in [0.2, 0.25) is 12.7 Å². The van der Waals surface area contributed by atoms with Gasteiger partial charge in [-0.1, -0.05) is 33.3 Å². The van der Waals surface area contributed by atoms with Crippen LogP contribution in [0.2, 0.25) is 0 Å². The fourth-order valence-corrected chi connectivity index (χ4v) is 5.08. The molecule has 1 fully saturated rings. The lowest BCUT2D eigenvalue weighted by molar-refractivity contribution is -0.130. The Balaban J connectivity index is 1.22. The van der Waals surface area contributed by atoms with Gasteiger partial charge < -0.3 is 19.3 Å². The molecule has 0 atom stereocenters. The molecule has 2 aromatic carbocycles. The Morgan fingerprint density at radius 3 is 2.75 bits per heavy atom. The van der Waals surface area contributed by atoms with E-state index in [0.29, 0.717) is 19.5 Å². The number of halogens is 1. The van der Waals surface area contributed by atoms with Gasteiger partial charge in [-0.25, -0.2) is 4.98 Å². The molecule has 0 bridgehead atoms. The summed E-state index contributed by atoms with van der Waals surface area (Å²) >= 11 is 5.21. The zero-order valence-corrected chi connectivity index (χ0v) is 17.5. The molecule has 0 N–H and O–H groups in total. The summed E-state index contributed by atoms with van der Waals surface area (Å²) in [6.07, 6.45) is 0.381. The minimum Gasteiger partial charge on any atom is -0.454 e. The van der Waals surface area contributed by atoms with Gasteiger partial charge in [0.1, 0.15) is 0 Å². The minimum absolute atomic E-state index is 0.145. The SMILES string of the molecule is O=C(Cc1ccc2c(c1)OCO2)N1CCN(c2nc3ccc(Br)cc3s2)CC1. The van der Waals surface area contributed by atoms with E-state index in [4.69, 9.17) is 14.5 Å². The second kappa shape index (κ2) is 7.25. The van der Waals surface area contributed by atoms with Crippen molar-refractivity contribution < 1.29 is 14.3 Å². The second-order valence-corrected chi connectivity index (χ2v) is 8.77. The molecule has 28 heavy (non-hydrogen) atoms. The van der Waals surface area contributed by atoms with E-state index < -0.39 is 0 Å². The highest BCUT2D eigenvalue weighted by molar-refractivity contribution is 9.10. The van der Waals surface area contributed by atoms with Crippen LogP contribution in [0.3, 0.4) is 0 Å². The van der Waals surface area contributed by atoms with Crippen LogP contribution in [0.1, 0.15) is 5.56 Å². The van der Waals surface area contributed by atoms with Crippen molar-refractivity contribution in [1.82, 2.24) is 9.88 Å². The molecule has 0 aliphatic carbocycles. The molecule has 6 nitrogen and oxygen atoms in total. The van der Waals surface area contributed by atoms with Crippen molar-refractivity contribution in [3.8, 4) is 11.5 Å². The molecule has 1 saturated heterocycles. The number of thiazole rings is 1. The van der Waals surface area contributed by atoms with Gasteiger partial charge in [0, 0.05) is 30.7 Å². The van der Waals surface area contributed by atoms with Crippen LogP contribution < -0.4 is 14.4 Å². The van der Waals surface area contributed by atoms with Gasteiger partial charge in [-0.2, -0.15) is 0 Å². The molecule has 144 valence electrons. The molecule has 0 saturated carbocycles. The first kappa shape index (κ1) is 17.8. The van der Waals surface area contributed by atoms with Gasteiger partial charge in [0.25, 0.3) is 0 Å². The number of hydrogen-bond acceptors (Lipinski definition) is 6. The second-order valence-electron chi connectivity index (χ2n) is 6.84. The van der Waals surface area contributed by atoms with Crippen LogP contribution in [-0.4, -0.2) is 48.8 Å². The first-order valence-electron chi connectivity index (χ1n) is 9.13. The van der Waals surface area contributed by atoms with E-state index in [0.717, 1.165) is 45.3 Å². The summed E-state index contributed by atoms with van der Waals surface area (Å²) in [5.41, 5.74) is 1.97. The third kappa shape index (κ3) is 3.42. The van der Waals surface area contributed by atoms with E-state index in [9.17, 15) is 4.79 Å². The number of carbonyl (C=O) groups excluding carboxylic acids is 1. The fraction of sp³-hybridized carbons (Fsp3) is 0.300. The number of ether oxygens (including phenoxy) is 2. The average Bonchev–Trinajstić information content (AvgIpc) is 3.34. The molecule has 2 aliphatic heterocycles. The zero-order valence-electron chi connectivity index (χ0n) is 15.1. The summed E-state index contributed by atoms with van der Waals surface area (Å²) in [5, 5.41) is 1.02. The summed E-state index contributed by atoms with van der Waals surface area (Å²) in [5.74, 6) is 1.61. The number of rotatable bonds is 3. The smallest absolute Gasteiger partial charge is 0.231 e. The number of benzene rings is 2. The normalized spacial score (nSPS) is 16.0. The third-order valence-electron chi connectivity index (χ3n) is 5.03. The predicted octanol–water partition coefficient (Wildman–Crippen LogP) is 3.68. The topological polar surface area (TPSA) is 54.9 Å². The summed E-state index contributed by atoms with van der Waals surface area (Å²) in [4.78, 5) is 21.7. The maximum Gasteiger partial charge on any atom is 0.231 e. The first-order chi connectivity index (χ1) is 13.7. The Morgan fingerprint density at radius 2 is 1.89 bits per heavy atom. The number of piperazine rings is 1. The largest absolute Gasteiger partial charge is 0.454 e. The number of amides is 1. The van der Waals surface area contributed by atoms with Crippen LogP contribution in [-0.2, 0) is 11.2 Å². The first-order valence-corrected chi connectivity index (χ1v) is 10.7. The summed E-state index contributed by atoms with van der Waals surface area (Å²) < 4.78 is 13.0. The highest BCUT2D eigenvalue weighted by Gasteiger charge is 2.24. The van der Waals surface area contributed by atoms with Crippen molar-refractivity contribution in [3.63, 3.8) is 0 Å². The van der Waals surface area contributed by atoms with E-state index in [1.54, 1.807) is 11.3 Å². The van der Waals surface area contributed by atoms with Crippen molar-refractivity contribution in [2.75, 3.05) is 37.9 Å². The van der Waals surface area contributed by atoms with Gasteiger partial charge in [-0.05, 0) is 35.9 Å². The summed E-state index contributed by atoms with van der Waals surface area (Å²) in [6.45, 7) is 3.27. The summed E-state index contributed by atoms with van der Waals surface area (Å²) in [7, 11) is 0. The molecule has 2 aliphatic rings. The van der Waals surface area contributed by atoms with Crippen LogP contribution in [0.25, 0.3) is 10.2 Å². The average molecular weight is 460 g/mol. The molecule has 1 amide bonds. The fourth-order valence-electron chi connectivity index (χ4n) is 3.51. The molecule has 0 spiro atoms. The Bertz CT molecular complexity index is 1050. The van der Waals surface area contributed by atoms with E-state index in [2.05, 4.69) is 26.9 Å². The van der Waals surface area contributed by atoms with E-state index in [-0.39, 0.29) is 12.7 Å². The van der Waals surface area contributed by atoms with E-state index >= 15 is 0 Å². The van der Waals surface area contributed by atoms with Crippen LogP contribution in [0, 0.1) is 0 Å². The lowest BCUT2D eigenvalue weighted by Gasteiger charge is -2.34. The molecule has 1 aromatic heterocycles. The van der Waals surface area contributed by atoms with Gasteiger partial charge >= 0.3 is 0 Å². The molecule has 3 aromatic rings. The summed E-state index contributed by atoms with van der Waals surface area (Å²) in [6, 6.07) is 11.8. The van der Waals surface area contributed by atoms with Crippen LogP contribution in [0.4, 0.5) is 5.13 Å². The number of carbonyl (C=O) groups is 1. The number of hydrogen-bond donors (Lipinski definition) is 0.